The van der Waals surface area contributed by atoms with Gasteiger partial charge in [0.2, 0.25) is 0 Å². The molecule has 3 atom stereocenters. The fraction of sp³-hybridized carbons (Fsp3) is 0.786. The second kappa shape index (κ2) is 4.81. The van der Waals surface area contributed by atoms with Crippen LogP contribution in [0.15, 0.2) is 11.6 Å². The molecule has 0 aromatic rings. The summed E-state index contributed by atoms with van der Waals surface area (Å²) in [5.41, 5.74) is 0.896. The number of esters is 1. The van der Waals surface area contributed by atoms with Gasteiger partial charge >= 0.3 is 5.97 Å². The lowest BCUT2D eigenvalue weighted by Crippen LogP contribution is -2.21. The topological polar surface area (TPSA) is 38.8 Å². The fourth-order valence-electron chi connectivity index (χ4n) is 2.95. The Balaban J connectivity index is 1.43. The van der Waals surface area contributed by atoms with Crippen LogP contribution in [0, 0.1) is 5.92 Å². The Kier molecular flexibility index (Phi) is 3.19. The van der Waals surface area contributed by atoms with Crippen molar-refractivity contribution in [2.45, 2.75) is 57.2 Å². The number of carbonyl (C=O) groups excluding carboxylic acids is 1. The highest BCUT2D eigenvalue weighted by molar-refractivity contribution is 5.88. The van der Waals surface area contributed by atoms with Crippen LogP contribution in [0.3, 0.4) is 0 Å². The standard InChI is InChI=1S/C14H20O3/c15-14(11-4-2-1-3-5-11)16-9-10-6-7-12-13(8-10)17-12/h4,10,12-13H,1-3,5-9H2. The summed E-state index contributed by atoms with van der Waals surface area (Å²) in [6, 6.07) is 0. The lowest BCUT2D eigenvalue weighted by Gasteiger charge is -2.19. The zero-order valence-electron chi connectivity index (χ0n) is 10.2. The molecular formula is C14H20O3. The van der Waals surface area contributed by atoms with E-state index in [-0.39, 0.29) is 5.97 Å². The van der Waals surface area contributed by atoms with E-state index in [1.54, 1.807) is 0 Å². The molecule has 0 aromatic carbocycles. The quantitative estimate of drug-likeness (QED) is 0.558. The molecule has 3 nitrogen and oxygen atoms in total. The number of hydrogen-bond donors (Lipinski definition) is 0. The maximum Gasteiger partial charge on any atom is 0.333 e. The number of allylic oxidation sites excluding steroid dienone is 1. The van der Waals surface area contributed by atoms with Crippen molar-refractivity contribution in [2.75, 3.05) is 6.61 Å². The average molecular weight is 236 g/mol. The molecule has 3 rings (SSSR count). The highest BCUT2D eigenvalue weighted by Crippen LogP contribution is 2.39. The summed E-state index contributed by atoms with van der Waals surface area (Å²) >= 11 is 0. The first kappa shape index (κ1) is 11.3. The number of epoxide rings is 1. The van der Waals surface area contributed by atoms with Crippen molar-refractivity contribution in [2.24, 2.45) is 5.92 Å². The SMILES string of the molecule is O=C(OCC1CCC2OC2C1)C1=CCCCC1. The Morgan fingerprint density at radius 1 is 1.35 bits per heavy atom. The molecular weight excluding hydrogens is 216 g/mol. The second-order valence-corrected chi connectivity index (χ2v) is 5.47. The summed E-state index contributed by atoms with van der Waals surface area (Å²) in [7, 11) is 0. The minimum atomic E-state index is -0.0801. The van der Waals surface area contributed by atoms with Crippen LogP contribution in [0.2, 0.25) is 0 Å². The van der Waals surface area contributed by atoms with Gasteiger partial charge in [-0.3, -0.25) is 0 Å². The maximum absolute atomic E-state index is 11.8. The molecule has 0 amide bonds. The molecule has 1 heterocycles. The molecule has 0 aromatic heterocycles. The lowest BCUT2D eigenvalue weighted by molar-refractivity contribution is -0.140. The summed E-state index contributed by atoms with van der Waals surface area (Å²) < 4.78 is 10.9. The van der Waals surface area contributed by atoms with E-state index in [0.29, 0.717) is 24.7 Å². The van der Waals surface area contributed by atoms with Crippen molar-refractivity contribution in [3.8, 4) is 0 Å². The van der Waals surface area contributed by atoms with E-state index < -0.39 is 0 Å². The monoisotopic (exact) mass is 236 g/mol. The number of ether oxygens (including phenoxy) is 2. The van der Waals surface area contributed by atoms with Crippen molar-refractivity contribution in [1.29, 1.82) is 0 Å². The minimum Gasteiger partial charge on any atom is -0.462 e. The zero-order valence-corrected chi connectivity index (χ0v) is 10.2. The molecule has 1 aliphatic heterocycles. The van der Waals surface area contributed by atoms with Crippen LogP contribution >= 0.6 is 0 Å². The van der Waals surface area contributed by atoms with Crippen molar-refractivity contribution >= 4 is 5.97 Å². The summed E-state index contributed by atoms with van der Waals surface area (Å²) in [6.07, 6.45) is 10.7. The van der Waals surface area contributed by atoms with Crippen molar-refractivity contribution < 1.29 is 14.3 Å². The van der Waals surface area contributed by atoms with Crippen molar-refractivity contribution in [1.82, 2.24) is 0 Å². The van der Waals surface area contributed by atoms with Gasteiger partial charge in [-0.2, -0.15) is 0 Å². The molecule has 2 aliphatic carbocycles. The predicted molar refractivity (Wildman–Crippen MR) is 63.5 cm³/mol. The minimum absolute atomic E-state index is 0.0801. The van der Waals surface area contributed by atoms with Gasteiger partial charge < -0.3 is 9.47 Å². The van der Waals surface area contributed by atoms with Gasteiger partial charge in [-0.05, 0) is 50.9 Å². The van der Waals surface area contributed by atoms with Crippen LogP contribution in [0.4, 0.5) is 0 Å². The summed E-state index contributed by atoms with van der Waals surface area (Å²) in [5, 5.41) is 0. The Bertz CT molecular complexity index is 334. The molecule has 0 bridgehead atoms. The van der Waals surface area contributed by atoms with E-state index in [2.05, 4.69) is 0 Å². The van der Waals surface area contributed by atoms with Gasteiger partial charge in [-0.15, -0.1) is 0 Å². The third-order valence-corrected chi connectivity index (χ3v) is 4.12. The normalized spacial score (nSPS) is 35.8. The molecule has 0 radical (unpaired) electrons. The second-order valence-electron chi connectivity index (χ2n) is 5.47. The predicted octanol–water partition coefficient (Wildman–Crippen LogP) is 2.60. The summed E-state index contributed by atoms with van der Waals surface area (Å²) in [4.78, 5) is 11.8. The molecule has 1 saturated carbocycles. The Morgan fingerprint density at radius 2 is 2.29 bits per heavy atom. The van der Waals surface area contributed by atoms with Crippen LogP contribution in [-0.2, 0) is 14.3 Å². The molecule has 0 N–H and O–H groups in total. The largest absolute Gasteiger partial charge is 0.462 e. The van der Waals surface area contributed by atoms with Crippen LogP contribution < -0.4 is 0 Å². The third-order valence-electron chi connectivity index (χ3n) is 4.12. The number of fused-ring (bicyclic) bond motifs is 1. The van der Waals surface area contributed by atoms with E-state index >= 15 is 0 Å². The van der Waals surface area contributed by atoms with Crippen molar-refractivity contribution in [3.63, 3.8) is 0 Å². The van der Waals surface area contributed by atoms with Crippen LogP contribution in [0.5, 0.6) is 0 Å². The van der Waals surface area contributed by atoms with Gasteiger partial charge in [0.25, 0.3) is 0 Å². The van der Waals surface area contributed by atoms with Gasteiger partial charge in [0.15, 0.2) is 0 Å². The Morgan fingerprint density at radius 3 is 3.06 bits per heavy atom. The number of hydrogen-bond acceptors (Lipinski definition) is 3. The highest BCUT2D eigenvalue weighted by atomic mass is 16.6. The molecule has 1 saturated heterocycles. The van der Waals surface area contributed by atoms with E-state index in [0.717, 1.165) is 44.1 Å². The molecule has 3 unspecified atom stereocenters. The van der Waals surface area contributed by atoms with Crippen molar-refractivity contribution in [3.05, 3.63) is 11.6 Å². The Hall–Kier alpha value is -0.830. The van der Waals surface area contributed by atoms with Crippen LogP contribution in [-0.4, -0.2) is 24.8 Å². The molecule has 0 spiro atoms. The molecule has 3 heteroatoms. The first-order valence-electron chi connectivity index (χ1n) is 6.84. The summed E-state index contributed by atoms with van der Waals surface area (Å²) in [6.45, 7) is 0.586. The maximum atomic E-state index is 11.8. The Labute approximate surface area is 102 Å². The average Bonchev–Trinajstić information content (AvgIpc) is 3.15. The van der Waals surface area contributed by atoms with E-state index in [1.807, 2.05) is 6.08 Å². The zero-order chi connectivity index (χ0) is 11.7. The molecule has 94 valence electrons. The van der Waals surface area contributed by atoms with Gasteiger partial charge in [-0.1, -0.05) is 6.08 Å². The van der Waals surface area contributed by atoms with E-state index in [4.69, 9.17) is 9.47 Å². The number of rotatable bonds is 3. The number of carbonyl (C=O) groups is 1. The van der Waals surface area contributed by atoms with E-state index in [1.165, 1.54) is 6.42 Å². The van der Waals surface area contributed by atoms with Gasteiger partial charge in [-0.25, -0.2) is 4.79 Å². The first-order valence-corrected chi connectivity index (χ1v) is 6.84. The van der Waals surface area contributed by atoms with E-state index in [9.17, 15) is 4.79 Å². The van der Waals surface area contributed by atoms with Gasteiger partial charge in [0, 0.05) is 5.57 Å². The van der Waals surface area contributed by atoms with Gasteiger partial charge in [0.1, 0.15) is 0 Å². The summed E-state index contributed by atoms with van der Waals surface area (Å²) in [5.74, 6) is 0.440. The lowest BCUT2D eigenvalue weighted by atomic mass is 9.90. The smallest absolute Gasteiger partial charge is 0.333 e. The third kappa shape index (κ3) is 2.71. The molecule has 2 fully saturated rings. The van der Waals surface area contributed by atoms with Crippen LogP contribution in [0.25, 0.3) is 0 Å². The highest BCUT2D eigenvalue weighted by Gasteiger charge is 2.44. The molecule has 17 heavy (non-hydrogen) atoms. The molecule has 3 aliphatic rings. The van der Waals surface area contributed by atoms with Gasteiger partial charge in [0.05, 0.1) is 18.8 Å². The van der Waals surface area contributed by atoms with Crippen LogP contribution in [0.1, 0.15) is 44.9 Å². The fourth-order valence-corrected chi connectivity index (χ4v) is 2.95. The first-order chi connectivity index (χ1) is 8.33.